The lowest BCUT2D eigenvalue weighted by molar-refractivity contribution is 0.459. The summed E-state index contributed by atoms with van der Waals surface area (Å²) in [6.07, 6.45) is 1.79. The van der Waals surface area contributed by atoms with E-state index in [9.17, 15) is 9.46 Å². The monoisotopic (exact) mass is 200 g/mol. The molecule has 0 heterocycles. The second-order valence-electron chi connectivity index (χ2n) is 3.52. The molecule has 0 bridgehead atoms. The van der Waals surface area contributed by atoms with E-state index in [2.05, 4.69) is 11.8 Å². The highest BCUT2D eigenvalue weighted by atomic mass is 31.2. The summed E-state index contributed by atoms with van der Waals surface area (Å²) < 4.78 is 11.6. The minimum Gasteiger partial charge on any atom is -0.344 e. The Morgan fingerprint density at radius 1 is 1.54 bits per heavy atom. The Bertz CT molecular complexity index is 310. The van der Waals surface area contributed by atoms with Gasteiger partial charge in [-0.25, -0.2) is 0 Å². The molecule has 0 saturated heterocycles. The van der Waals surface area contributed by atoms with Crippen LogP contribution in [0.4, 0.5) is 0 Å². The first kappa shape index (κ1) is 12.5. The van der Waals surface area contributed by atoms with Crippen LogP contribution < -0.4 is 0 Å². The van der Waals surface area contributed by atoms with Gasteiger partial charge >= 0.3 is 0 Å². The lowest BCUT2D eigenvalue weighted by atomic mass is 10.0. The van der Waals surface area contributed by atoms with Crippen molar-refractivity contribution >= 4 is 7.37 Å². The van der Waals surface area contributed by atoms with E-state index in [0.29, 0.717) is 0 Å². The van der Waals surface area contributed by atoms with E-state index in [1.54, 1.807) is 26.8 Å². The average Bonchev–Trinajstić information content (AvgIpc) is 1.97. The highest BCUT2D eigenvalue weighted by Crippen LogP contribution is 2.54. The van der Waals surface area contributed by atoms with Gasteiger partial charge in [0.1, 0.15) is 0 Å². The molecule has 0 aromatic heterocycles. The Hall–Kier alpha value is -0.510. The van der Waals surface area contributed by atoms with Crippen molar-refractivity contribution in [2.45, 2.75) is 32.9 Å². The third-order valence-corrected chi connectivity index (χ3v) is 4.56. The molecule has 0 aromatic carbocycles. The summed E-state index contributed by atoms with van der Waals surface area (Å²) in [6, 6.07) is 0. The molecule has 1 atom stereocenters. The van der Waals surface area contributed by atoms with E-state index in [4.69, 9.17) is 0 Å². The Morgan fingerprint density at radius 2 is 2.00 bits per heavy atom. The molecule has 0 fully saturated rings. The van der Waals surface area contributed by atoms with Gasteiger partial charge in [-0.2, -0.15) is 0 Å². The van der Waals surface area contributed by atoms with Gasteiger partial charge in [0.25, 0.3) is 0 Å². The summed E-state index contributed by atoms with van der Waals surface area (Å²) in [5.74, 6) is 5.60. The van der Waals surface area contributed by atoms with E-state index in [-0.39, 0.29) is 0 Å². The van der Waals surface area contributed by atoms with Gasteiger partial charge in [0.2, 0.25) is 7.37 Å². The van der Waals surface area contributed by atoms with Crippen molar-refractivity contribution in [1.82, 2.24) is 0 Å². The second kappa shape index (κ2) is 4.13. The molecule has 0 radical (unpaired) electrons. The lowest BCUT2D eigenvalue weighted by Crippen LogP contribution is -2.22. The molecule has 0 aliphatic carbocycles. The summed E-state index contributed by atoms with van der Waals surface area (Å²) >= 11 is 0. The average molecular weight is 200 g/mol. The van der Waals surface area contributed by atoms with Crippen molar-refractivity contribution in [3.05, 3.63) is 11.6 Å². The van der Waals surface area contributed by atoms with Crippen molar-refractivity contribution in [1.29, 1.82) is 0 Å². The van der Waals surface area contributed by atoms with Crippen LogP contribution in [0.15, 0.2) is 11.6 Å². The van der Waals surface area contributed by atoms with Gasteiger partial charge in [-0.15, -0.1) is 5.92 Å². The summed E-state index contributed by atoms with van der Waals surface area (Å²) in [7, 11) is -3.14. The Morgan fingerprint density at radius 3 is 2.23 bits per heavy atom. The standard InChI is InChI=1S/C10H17O2P/c1-6-8-9(7-2)10(3,4)13(5,11)12/h7H,1-5H3,(H,11,12). The van der Waals surface area contributed by atoms with Gasteiger partial charge in [-0.3, -0.25) is 4.57 Å². The number of hydrogen-bond donors (Lipinski definition) is 1. The number of allylic oxidation sites excluding steroid dienone is 2. The van der Waals surface area contributed by atoms with Crippen LogP contribution in [-0.2, 0) is 4.57 Å². The van der Waals surface area contributed by atoms with Crippen LogP contribution in [0.2, 0.25) is 0 Å². The predicted molar refractivity (Wildman–Crippen MR) is 57.0 cm³/mol. The molecule has 0 aromatic rings. The highest BCUT2D eigenvalue weighted by Gasteiger charge is 2.37. The fourth-order valence-corrected chi connectivity index (χ4v) is 1.57. The Balaban J connectivity index is 5.23. The largest absolute Gasteiger partial charge is 0.344 e. The van der Waals surface area contributed by atoms with Crippen LogP contribution in [-0.4, -0.2) is 16.7 Å². The van der Waals surface area contributed by atoms with Crippen LogP contribution in [0.1, 0.15) is 27.7 Å². The normalized spacial score (nSPS) is 17.2. The lowest BCUT2D eigenvalue weighted by Gasteiger charge is -2.27. The molecule has 13 heavy (non-hydrogen) atoms. The molecule has 2 nitrogen and oxygen atoms in total. The first-order valence-corrected chi connectivity index (χ1v) is 6.28. The molecule has 3 heteroatoms. The quantitative estimate of drug-likeness (QED) is 0.549. The number of rotatable bonds is 2. The SMILES string of the molecule is CC#CC(=CC)C(C)(C)P(C)(=O)O. The van der Waals surface area contributed by atoms with E-state index in [0.717, 1.165) is 5.57 Å². The van der Waals surface area contributed by atoms with Gasteiger partial charge in [0.05, 0.1) is 5.16 Å². The topological polar surface area (TPSA) is 37.3 Å². The smallest absolute Gasteiger partial charge is 0.207 e. The maximum Gasteiger partial charge on any atom is 0.207 e. The summed E-state index contributed by atoms with van der Waals surface area (Å²) in [5.41, 5.74) is 0.725. The zero-order valence-electron chi connectivity index (χ0n) is 8.88. The van der Waals surface area contributed by atoms with Crippen molar-refractivity contribution in [2.75, 3.05) is 6.66 Å². The second-order valence-corrected chi connectivity index (χ2v) is 6.39. The van der Waals surface area contributed by atoms with E-state index < -0.39 is 12.5 Å². The van der Waals surface area contributed by atoms with E-state index in [1.165, 1.54) is 6.66 Å². The molecule has 0 rings (SSSR count). The van der Waals surface area contributed by atoms with Crippen molar-refractivity contribution in [2.24, 2.45) is 0 Å². The molecule has 74 valence electrons. The maximum absolute atomic E-state index is 11.6. The summed E-state index contributed by atoms with van der Waals surface area (Å²) in [6.45, 7) is 8.41. The zero-order chi connectivity index (χ0) is 10.7. The zero-order valence-corrected chi connectivity index (χ0v) is 9.77. The number of hydrogen-bond acceptors (Lipinski definition) is 1. The molecule has 0 aliphatic heterocycles. The molecule has 0 aliphatic rings. The van der Waals surface area contributed by atoms with Crippen molar-refractivity contribution < 1.29 is 9.46 Å². The third-order valence-electron chi connectivity index (χ3n) is 2.24. The predicted octanol–water partition coefficient (Wildman–Crippen LogP) is 2.63. The molecule has 0 saturated carbocycles. The van der Waals surface area contributed by atoms with Crippen molar-refractivity contribution in [3.8, 4) is 11.8 Å². The third kappa shape index (κ3) is 2.72. The minimum absolute atomic E-state index is 0.725. The fraction of sp³-hybridized carbons (Fsp3) is 0.600. The van der Waals surface area contributed by atoms with Gasteiger partial charge in [0, 0.05) is 12.2 Å². The molecule has 0 spiro atoms. The highest BCUT2D eigenvalue weighted by molar-refractivity contribution is 7.59. The van der Waals surface area contributed by atoms with Crippen LogP contribution in [0.5, 0.6) is 0 Å². The first-order chi connectivity index (χ1) is 5.77. The minimum atomic E-state index is -3.14. The summed E-state index contributed by atoms with van der Waals surface area (Å²) in [5, 5.41) is -0.745. The fourth-order valence-electron chi connectivity index (χ4n) is 0.937. The molecular formula is C10H17O2P. The maximum atomic E-state index is 11.6. The van der Waals surface area contributed by atoms with Gasteiger partial charge in [-0.05, 0) is 27.7 Å². The molecule has 0 amide bonds. The molecule has 1 unspecified atom stereocenters. The van der Waals surface area contributed by atoms with Gasteiger partial charge < -0.3 is 4.89 Å². The summed E-state index contributed by atoms with van der Waals surface area (Å²) in [4.78, 5) is 9.52. The van der Waals surface area contributed by atoms with Gasteiger partial charge in [0.15, 0.2) is 0 Å². The first-order valence-electron chi connectivity index (χ1n) is 4.17. The van der Waals surface area contributed by atoms with Crippen LogP contribution >= 0.6 is 7.37 Å². The van der Waals surface area contributed by atoms with Crippen molar-refractivity contribution in [3.63, 3.8) is 0 Å². The van der Waals surface area contributed by atoms with Crippen LogP contribution in [0.3, 0.4) is 0 Å². The molecule has 1 N–H and O–H groups in total. The molecular weight excluding hydrogens is 183 g/mol. The van der Waals surface area contributed by atoms with Crippen LogP contribution in [0, 0.1) is 11.8 Å². The van der Waals surface area contributed by atoms with Crippen LogP contribution in [0.25, 0.3) is 0 Å². The van der Waals surface area contributed by atoms with E-state index in [1.807, 2.05) is 6.92 Å². The Kier molecular flexibility index (Phi) is 3.97. The van der Waals surface area contributed by atoms with E-state index >= 15 is 0 Å². The van der Waals surface area contributed by atoms with Gasteiger partial charge in [-0.1, -0.05) is 12.0 Å². The Labute approximate surface area is 80.5 Å².